The van der Waals surface area contributed by atoms with Gasteiger partial charge in [-0.2, -0.15) is 0 Å². The van der Waals surface area contributed by atoms with Gasteiger partial charge in [0.05, 0.1) is 12.1 Å². The van der Waals surface area contributed by atoms with Crippen LogP contribution in [0.2, 0.25) is 0 Å². The average molecular weight is 346 g/mol. The summed E-state index contributed by atoms with van der Waals surface area (Å²) in [6.45, 7) is 5.50. The van der Waals surface area contributed by atoms with Crippen LogP contribution in [0.5, 0.6) is 0 Å². The molecule has 0 bridgehead atoms. The minimum atomic E-state index is -0.212. The molecule has 1 aliphatic heterocycles. The third kappa shape index (κ3) is 3.36. The normalized spacial score (nSPS) is 14.7. The van der Waals surface area contributed by atoms with Gasteiger partial charge in [0.1, 0.15) is 0 Å². The van der Waals surface area contributed by atoms with Gasteiger partial charge in [-0.05, 0) is 39.2 Å². The summed E-state index contributed by atoms with van der Waals surface area (Å²) in [6, 6.07) is 1.84. The monoisotopic (exact) mass is 346 g/mol. The molecule has 0 saturated carbocycles. The lowest BCUT2D eigenvalue weighted by atomic mass is 10.1. The van der Waals surface area contributed by atoms with Crippen LogP contribution in [0.3, 0.4) is 0 Å². The molecule has 3 rings (SSSR count). The molecule has 0 radical (unpaired) electrons. The Morgan fingerprint density at radius 3 is 2.67 bits per heavy atom. The van der Waals surface area contributed by atoms with Crippen molar-refractivity contribution in [2.45, 2.75) is 33.1 Å². The predicted molar refractivity (Wildman–Crippen MR) is 93.7 cm³/mol. The van der Waals surface area contributed by atoms with Crippen LogP contribution in [0.25, 0.3) is 5.13 Å². The first kappa shape index (κ1) is 16.7. The third-order valence-electron chi connectivity index (χ3n) is 4.40. The average Bonchev–Trinajstić information content (AvgIpc) is 3.21. The number of likely N-dealkylation sites (tertiary alicyclic amines) is 1. The number of amides is 2. The molecule has 0 aliphatic carbocycles. The van der Waals surface area contributed by atoms with E-state index in [1.165, 1.54) is 17.8 Å². The van der Waals surface area contributed by atoms with Crippen molar-refractivity contribution in [3.63, 3.8) is 0 Å². The molecule has 2 aromatic rings. The van der Waals surface area contributed by atoms with Crippen LogP contribution in [-0.4, -0.2) is 45.9 Å². The van der Waals surface area contributed by atoms with Crippen molar-refractivity contribution in [2.24, 2.45) is 0 Å². The number of nitrogens with one attached hydrogen (secondary N) is 1. The molecule has 6 nitrogen and oxygen atoms in total. The molecule has 0 aromatic carbocycles. The standard InChI is InChI=1S/C17H22N4O2S/c1-12-10-14(13(2)21(12)17-18-6-9-24-17)16(23)19-11-15(22)20-7-4-3-5-8-20/h6,9-10H,3-5,7-8,11H2,1-2H3,(H,19,23). The molecule has 24 heavy (non-hydrogen) atoms. The summed E-state index contributed by atoms with van der Waals surface area (Å²) >= 11 is 1.53. The van der Waals surface area contributed by atoms with Gasteiger partial charge in [0.2, 0.25) is 5.91 Å². The Balaban J connectivity index is 1.67. The molecule has 7 heteroatoms. The van der Waals surface area contributed by atoms with E-state index in [4.69, 9.17) is 0 Å². The molecule has 128 valence electrons. The Labute approximate surface area is 145 Å². The number of hydrogen-bond acceptors (Lipinski definition) is 4. The van der Waals surface area contributed by atoms with E-state index in [0.717, 1.165) is 42.5 Å². The van der Waals surface area contributed by atoms with Gasteiger partial charge in [0.25, 0.3) is 5.91 Å². The molecule has 2 aromatic heterocycles. The van der Waals surface area contributed by atoms with Crippen LogP contribution < -0.4 is 5.32 Å². The first-order chi connectivity index (χ1) is 11.6. The zero-order valence-electron chi connectivity index (χ0n) is 14.0. The summed E-state index contributed by atoms with van der Waals surface area (Å²) in [7, 11) is 0. The fraction of sp³-hybridized carbons (Fsp3) is 0.471. The zero-order valence-corrected chi connectivity index (χ0v) is 14.9. The summed E-state index contributed by atoms with van der Waals surface area (Å²) in [4.78, 5) is 30.8. The quantitative estimate of drug-likeness (QED) is 0.924. The third-order valence-corrected chi connectivity index (χ3v) is 5.15. The number of aryl methyl sites for hydroxylation is 1. The van der Waals surface area contributed by atoms with Gasteiger partial charge >= 0.3 is 0 Å². The molecule has 2 amide bonds. The van der Waals surface area contributed by atoms with Gasteiger partial charge in [-0.15, -0.1) is 11.3 Å². The van der Waals surface area contributed by atoms with Crippen molar-refractivity contribution in [1.29, 1.82) is 0 Å². The Morgan fingerprint density at radius 2 is 2.00 bits per heavy atom. The number of hydrogen-bond donors (Lipinski definition) is 1. The number of aromatic nitrogens is 2. The summed E-state index contributed by atoms with van der Waals surface area (Å²) < 4.78 is 1.96. The van der Waals surface area contributed by atoms with E-state index in [1.54, 1.807) is 6.20 Å². The fourth-order valence-electron chi connectivity index (χ4n) is 3.12. The Kier molecular flexibility index (Phi) is 4.99. The highest BCUT2D eigenvalue weighted by Gasteiger charge is 2.20. The van der Waals surface area contributed by atoms with Crippen molar-refractivity contribution in [3.8, 4) is 5.13 Å². The number of nitrogens with zero attached hydrogens (tertiary/aromatic N) is 3. The molecule has 3 heterocycles. The van der Waals surface area contributed by atoms with Crippen LogP contribution in [0.15, 0.2) is 17.6 Å². The minimum absolute atomic E-state index is 0.00298. The lowest BCUT2D eigenvalue weighted by molar-refractivity contribution is -0.130. The van der Waals surface area contributed by atoms with Gasteiger partial charge in [-0.3, -0.25) is 14.2 Å². The molecule has 1 fully saturated rings. The zero-order chi connectivity index (χ0) is 17.1. The Morgan fingerprint density at radius 1 is 1.25 bits per heavy atom. The summed E-state index contributed by atoms with van der Waals surface area (Å²) in [5, 5.41) is 5.51. The van der Waals surface area contributed by atoms with Crippen LogP contribution in [0.4, 0.5) is 0 Å². The Hall–Kier alpha value is -2.15. The fourth-order valence-corrected chi connectivity index (χ4v) is 3.87. The summed E-state index contributed by atoms with van der Waals surface area (Å²) in [5.74, 6) is -0.215. The number of carbonyl (C=O) groups excluding carboxylic acids is 2. The smallest absolute Gasteiger partial charge is 0.253 e. The maximum absolute atomic E-state index is 12.5. The highest BCUT2D eigenvalue weighted by atomic mass is 32.1. The van der Waals surface area contributed by atoms with Crippen LogP contribution in [-0.2, 0) is 4.79 Å². The highest BCUT2D eigenvalue weighted by Crippen LogP contribution is 2.22. The van der Waals surface area contributed by atoms with E-state index >= 15 is 0 Å². The number of piperidine rings is 1. The molecular weight excluding hydrogens is 324 g/mol. The predicted octanol–water partition coefficient (Wildman–Crippen LogP) is 2.29. The lowest BCUT2D eigenvalue weighted by Crippen LogP contribution is -2.42. The van der Waals surface area contributed by atoms with Crippen LogP contribution >= 0.6 is 11.3 Å². The van der Waals surface area contributed by atoms with Crippen molar-refractivity contribution in [2.75, 3.05) is 19.6 Å². The topological polar surface area (TPSA) is 67.2 Å². The van der Waals surface area contributed by atoms with E-state index in [1.807, 2.05) is 34.8 Å². The number of thiazole rings is 1. The van der Waals surface area contributed by atoms with Gasteiger partial charge in [-0.25, -0.2) is 4.98 Å². The maximum Gasteiger partial charge on any atom is 0.253 e. The molecule has 0 unspecified atom stereocenters. The van der Waals surface area contributed by atoms with Crippen LogP contribution in [0, 0.1) is 13.8 Å². The number of carbonyl (C=O) groups is 2. The molecule has 1 N–H and O–H groups in total. The second-order valence-corrected chi connectivity index (χ2v) is 6.93. The SMILES string of the molecule is Cc1cc(C(=O)NCC(=O)N2CCCCC2)c(C)n1-c1nccs1. The molecular formula is C17H22N4O2S. The highest BCUT2D eigenvalue weighted by molar-refractivity contribution is 7.12. The first-order valence-corrected chi connectivity index (χ1v) is 9.10. The lowest BCUT2D eigenvalue weighted by Gasteiger charge is -2.26. The van der Waals surface area contributed by atoms with E-state index < -0.39 is 0 Å². The van der Waals surface area contributed by atoms with Gasteiger partial charge in [-0.1, -0.05) is 0 Å². The van der Waals surface area contributed by atoms with Gasteiger partial charge < -0.3 is 10.2 Å². The van der Waals surface area contributed by atoms with Crippen molar-refractivity contribution >= 4 is 23.2 Å². The second kappa shape index (κ2) is 7.17. The molecule has 0 spiro atoms. The molecule has 1 aliphatic rings. The summed E-state index contributed by atoms with van der Waals surface area (Å²) in [6.07, 6.45) is 5.03. The van der Waals surface area contributed by atoms with Crippen molar-refractivity contribution in [3.05, 3.63) is 34.6 Å². The van der Waals surface area contributed by atoms with Gasteiger partial charge in [0, 0.05) is 36.1 Å². The van der Waals surface area contributed by atoms with E-state index in [2.05, 4.69) is 10.3 Å². The molecule has 0 atom stereocenters. The Bertz CT molecular complexity index is 730. The largest absolute Gasteiger partial charge is 0.343 e. The van der Waals surface area contributed by atoms with E-state index in [-0.39, 0.29) is 18.4 Å². The number of rotatable bonds is 4. The van der Waals surface area contributed by atoms with Crippen molar-refractivity contribution < 1.29 is 9.59 Å². The van der Waals surface area contributed by atoms with E-state index in [9.17, 15) is 9.59 Å². The maximum atomic E-state index is 12.5. The minimum Gasteiger partial charge on any atom is -0.343 e. The second-order valence-electron chi connectivity index (χ2n) is 6.06. The van der Waals surface area contributed by atoms with Gasteiger partial charge in [0.15, 0.2) is 5.13 Å². The first-order valence-electron chi connectivity index (χ1n) is 8.22. The van der Waals surface area contributed by atoms with Crippen LogP contribution in [0.1, 0.15) is 41.0 Å². The summed E-state index contributed by atoms with van der Waals surface area (Å²) in [5.41, 5.74) is 2.38. The van der Waals surface area contributed by atoms with E-state index in [0.29, 0.717) is 5.56 Å². The molecule has 1 saturated heterocycles. The van der Waals surface area contributed by atoms with Crippen molar-refractivity contribution in [1.82, 2.24) is 19.8 Å².